The molecule has 194 valence electrons. The standard InChI is InChI=1S/C27H24FN5O4S/c1-35-23-13-30-21(12-31-23)25(34)32-17-4-5-22-18(11-17)27(6-8-38-26(29)33-27)19-9-16(10-20(28)24(19)37-22)15-3-2-7-36-14-15/h4-5,9-14H,2-3,6-8H2,1H3,(H2,29,33)(H,32,34)/t27-/m0/s1. The van der Waals surface area contributed by atoms with Crippen molar-refractivity contribution in [1.82, 2.24) is 9.97 Å². The molecule has 3 aromatic rings. The van der Waals surface area contributed by atoms with Gasteiger partial charge in [-0.05, 0) is 60.7 Å². The maximum Gasteiger partial charge on any atom is 0.275 e. The molecule has 4 heterocycles. The predicted octanol–water partition coefficient (Wildman–Crippen LogP) is 4.83. The summed E-state index contributed by atoms with van der Waals surface area (Å²) in [5.74, 6) is 0.662. The number of amides is 1. The zero-order valence-corrected chi connectivity index (χ0v) is 21.3. The summed E-state index contributed by atoms with van der Waals surface area (Å²) in [7, 11) is 1.47. The minimum absolute atomic E-state index is 0.130. The number of hydrogen-bond donors (Lipinski definition) is 2. The second-order valence-corrected chi connectivity index (χ2v) is 10.2. The van der Waals surface area contributed by atoms with Gasteiger partial charge in [-0.25, -0.2) is 19.4 Å². The van der Waals surface area contributed by atoms with Gasteiger partial charge in [0.2, 0.25) is 5.88 Å². The molecule has 1 aromatic heterocycles. The van der Waals surface area contributed by atoms with E-state index in [1.54, 1.807) is 24.5 Å². The highest BCUT2D eigenvalue weighted by atomic mass is 32.2. The van der Waals surface area contributed by atoms with E-state index in [9.17, 15) is 4.79 Å². The molecular formula is C27H24FN5O4S. The van der Waals surface area contributed by atoms with Crippen LogP contribution in [0.1, 0.15) is 46.4 Å². The summed E-state index contributed by atoms with van der Waals surface area (Å²) in [5.41, 5.74) is 8.83. The van der Waals surface area contributed by atoms with E-state index < -0.39 is 17.3 Å². The number of nitrogens with one attached hydrogen (secondary N) is 1. The Balaban J connectivity index is 1.43. The average molecular weight is 534 g/mol. The molecule has 3 aliphatic rings. The molecule has 0 unspecified atom stereocenters. The Morgan fingerprint density at radius 3 is 2.84 bits per heavy atom. The third-order valence-corrected chi connectivity index (χ3v) is 7.57. The van der Waals surface area contributed by atoms with Crippen LogP contribution in [0.25, 0.3) is 5.57 Å². The van der Waals surface area contributed by atoms with E-state index in [4.69, 9.17) is 24.9 Å². The molecule has 9 nitrogen and oxygen atoms in total. The van der Waals surface area contributed by atoms with Crippen molar-refractivity contribution in [2.75, 3.05) is 24.8 Å². The molecule has 6 rings (SSSR count). The van der Waals surface area contributed by atoms with Crippen LogP contribution in [-0.2, 0) is 10.3 Å². The molecule has 0 bridgehead atoms. The molecule has 1 spiro atoms. The van der Waals surface area contributed by atoms with Gasteiger partial charge in [0, 0.05) is 22.6 Å². The number of nitrogens with zero attached hydrogens (tertiary/aromatic N) is 3. The van der Waals surface area contributed by atoms with Crippen LogP contribution in [0.4, 0.5) is 10.1 Å². The van der Waals surface area contributed by atoms with Gasteiger partial charge < -0.3 is 25.3 Å². The molecule has 11 heteroatoms. The Labute approximate surface area is 222 Å². The quantitative estimate of drug-likeness (QED) is 0.489. The molecule has 0 fully saturated rings. The molecule has 3 N–H and O–H groups in total. The number of carbonyl (C=O) groups is 1. The number of fused-ring (bicyclic) bond motifs is 4. The van der Waals surface area contributed by atoms with Crippen LogP contribution < -0.4 is 20.5 Å². The summed E-state index contributed by atoms with van der Waals surface area (Å²) >= 11 is 1.45. The normalized spacial score (nSPS) is 19.7. The molecule has 38 heavy (non-hydrogen) atoms. The number of ether oxygens (including phenoxy) is 3. The van der Waals surface area contributed by atoms with Crippen LogP contribution in [0.3, 0.4) is 0 Å². The number of thioether (sulfide) groups is 1. The van der Waals surface area contributed by atoms with Crippen LogP contribution in [0, 0.1) is 5.82 Å². The lowest BCUT2D eigenvalue weighted by Crippen LogP contribution is -2.36. The number of carbonyl (C=O) groups excluding carboxylic acids is 1. The highest BCUT2D eigenvalue weighted by Gasteiger charge is 2.45. The van der Waals surface area contributed by atoms with Crippen molar-refractivity contribution in [3.8, 4) is 17.4 Å². The molecule has 0 radical (unpaired) electrons. The first-order valence-electron chi connectivity index (χ1n) is 12.1. The van der Waals surface area contributed by atoms with Gasteiger partial charge >= 0.3 is 0 Å². The van der Waals surface area contributed by atoms with Gasteiger partial charge in [0.25, 0.3) is 5.91 Å². The van der Waals surface area contributed by atoms with E-state index in [2.05, 4.69) is 15.3 Å². The lowest BCUT2D eigenvalue weighted by atomic mass is 9.77. The second-order valence-electron chi connectivity index (χ2n) is 9.07. The molecule has 1 amide bonds. The van der Waals surface area contributed by atoms with E-state index in [0.717, 1.165) is 24.0 Å². The van der Waals surface area contributed by atoms with Gasteiger partial charge in [0.05, 0.1) is 32.4 Å². The van der Waals surface area contributed by atoms with Gasteiger partial charge in [-0.2, -0.15) is 0 Å². The Hall–Kier alpha value is -4.12. The summed E-state index contributed by atoms with van der Waals surface area (Å²) in [6.07, 6.45) is 6.62. The molecule has 3 aliphatic heterocycles. The van der Waals surface area contributed by atoms with Gasteiger partial charge in [0.15, 0.2) is 16.7 Å². The predicted molar refractivity (Wildman–Crippen MR) is 142 cm³/mol. The number of rotatable bonds is 4. The van der Waals surface area contributed by atoms with Crippen molar-refractivity contribution in [2.45, 2.75) is 24.8 Å². The number of halogens is 1. The van der Waals surface area contributed by atoms with Gasteiger partial charge in [-0.1, -0.05) is 11.8 Å². The summed E-state index contributed by atoms with van der Waals surface area (Å²) < 4.78 is 32.2. The molecule has 0 saturated carbocycles. The van der Waals surface area contributed by atoms with Crippen LogP contribution >= 0.6 is 11.8 Å². The lowest BCUT2D eigenvalue weighted by molar-refractivity contribution is 0.102. The lowest BCUT2D eigenvalue weighted by Gasteiger charge is -2.40. The first kappa shape index (κ1) is 24.2. The Morgan fingerprint density at radius 1 is 1.21 bits per heavy atom. The van der Waals surface area contributed by atoms with Crippen LogP contribution in [0.2, 0.25) is 0 Å². The number of aromatic nitrogens is 2. The summed E-state index contributed by atoms with van der Waals surface area (Å²) in [6.45, 7) is 0.645. The number of benzene rings is 2. The summed E-state index contributed by atoms with van der Waals surface area (Å²) in [5, 5.41) is 3.26. The number of aliphatic imine (C=N–C) groups is 1. The van der Waals surface area contributed by atoms with Crippen LogP contribution in [0.5, 0.6) is 17.4 Å². The highest BCUT2D eigenvalue weighted by Crippen LogP contribution is 2.54. The highest BCUT2D eigenvalue weighted by molar-refractivity contribution is 8.13. The molecule has 0 saturated heterocycles. The monoisotopic (exact) mass is 533 g/mol. The fourth-order valence-electron chi connectivity index (χ4n) is 4.94. The number of amidine groups is 1. The number of hydrogen-bond acceptors (Lipinski definition) is 9. The van der Waals surface area contributed by atoms with Gasteiger partial charge in [-0.15, -0.1) is 0 Å². The zero-order chi connectivity index (χ0) is 26.3. The van der Waals surface area contributed by atoms with Gasteiger partial charge in [0.1, 0.15) is 17.0 Å². The van der Waals surface area contributed by atoms with E-state index >= 15 is 4.39 Å². The van der Waals surface area contributed by atoms with Crippen molar-refractivity contribution >= 4 is 34.1 Å². The minimum atomic E-state index is -0.980. The van der Waals surface area contributed by atoms with E-state index in [1.807, 2.05) is 6.07 Å². The van der Waals surface area contributed by atoms with Crippen LogP contribution in [-0.4, -0.2) is 40.5 Å². The Bertz CT molecular complexity index is 1490. The Kier molecular flexibility index (Phi) is 6.15. The zero-order valence-electron chi connectivity index (χ0n) is 20.5. The summed E-state index contributed by atoms with van der Waals surface area (Å²) in [6, 6.07) is 8.59. The Morgan fingerprint density at radius 2 is 2.11 bits per heavy atom. The smallest absolute Gasteiger partial charge is 0.275 e. The number of methoxy groups -OCH3 is 1. The first-order chi connectivity index (χ1) is 18.5. The topological polar surface area (TPSA) is 121 Å². The van der Waals surface area contributed by atoms with Crippen molar-refractivity contribution in [3.63, 3.8) is 0 Å². The average Bonchev–Trinajstić information content (AvgIpc) is 2.94. The third kappa shape index (κ3) is 4.22. The molecule has 0 aliphatic carbocycles. The van der Waals surface area contributed by atoms with Crippen LogP contribution in [0.15, 0.2) is 54.0 Å². The number of nitrogens with two attached hydrogens (primary N) is 1. The van der Waals surface area contributed by atoms with E-state index in [1.165, 1.54) is 37.3 Å². The number of allylic oxidation sites excluding steroid dienone is 1. The maximum atomic E-state index is 15.6. The largest absolute Gasteiger partial charge is 0.501 e. The van der Waals surface area contributed by atoms with Gasteiger partial charge in [-0.3, -0.25) is 4.79 Å². The molecule has 1 atom stereocenters. The minimum Gasteiger partial charge on any atom is -0.501 e. The molecule has 2 aromatic carbocycles. The number of anilines is 1. The van der Waals surface area contributed by atoms with Crippen molar-refractivity contribution in [3.05, 3.63) is 77.2 Å². The van der Waals surface area contributed by atoms with E-state index in [0.29, 0.717) is 52.4 Å². The molecular weight excluding hydrogens is 509 g/mol. The fraction of sp³-hybridized carbons (Fsp3) is 0.259. The van der Waals surface area contributed by atoms with Crippen molar-refractivity contribution < 1.29 is 23.4 Å². The van der Waals surface area contributed by atoms with Crippen molar-refractivity contribution in [1.29, 1.82) is 0 Å². The van der Waals surface area contributed by atoms with E-state index in [-0.39, 0.29) is 11.4 Å². The summed E-state index contributed by atoms with van der Waals surface area (Å²) in [4.78, 5) is 25.9. The third-order valence-electron chi connectivity index (χ3n) is 6.77. The second kappa shape index (κ2) is 9.64. The maximum absolute atomic E-state index is 15.6. The van der Waals surface area contributed by atoms with Crippen molar-refractivity contribution in [2.24, 2.45) is 10.7 Å². The first-order valence-corrected chi connectivity index (χ1v) is 13.1. The fourth-order valence-corrected chi connectivity index (χ4v) is 5.77. The SMILES string of the molecule is COc1cnc(C(=O)Nc2ccc3c(c2)[C@@]2(CCSC(N)=N2)c2cc(C4=COCCC4)cc(F)c2O3)cn1.